The molecule has 0 radical (unpaired) electrons. The molecule has 8 heteroatoms. The number of thioether (sulfide) groups is 1. The van der Waals surface area contributed by atoms with Crippen LogP contribution in [-0.4, -0.2) is 14.9 Å². The van der Waals surface area contributed by atoms with Crippen LogP contribution in [0.25, 0.3) is 0 Å². The maximum absolute atomic E-state index is 10.8. The van der Waals surface area contributed by atoms with Crippen molar-refractivity contribution in [1.29, 1.82) is 0 Å². The molecule has 0 spiro atoms. The van der Waals surface area contributed by atoms with Gasteiger partial charge in [-0.05, 0) is 12.1 Å². The van der Waals surface area contributed by atoms with Crippen molar-refractivity contribution in [3.8, 4) is 0 Å². The van der Waals surface area contributed by atoms with Crippen LogP contribution < -0.4 is 0 Å². The van der Waals surface area contributed by atoms with Gasteiger partial charge in [0.05, 0.1) is 16.9 Å². The molecule has 0 aromatic carbocycles. The van der Waals surface area contributed by atoms with Crippen LogP contribution in [0.3, 0.4) is 0 Å². The Hall–Kier alpha value is -1.60. The van der Waals surface area contributed by atoms with Gasteiger partial charge in [0.25, 0.3) is 0 Å². The van der Waals surface area contributed by atoms with Crippen molar-refractivity contribution in [2.75, 3.05) is 0 Å². The molecule has 0 unspecified atom stereocenters. The van der Waals surface area contributed by atoms with Gasteiger partial charge in [0.2, 0.25) is 5.15 Å². The summed E-state index contributed by atoms with van der Waals surface area (Å²) >= 11 is 6.83. The Labute approximate surface area is 105 Å². The summed E-state index contributed by atoms with van der Waals surface area (Å²) in [6.07, 6.45) is 2.73. The number of rotatable bonds is 4. The van der Waals surface area contributed by atoms with Crippen LogP contribution in [0.1, 0.15) is 5.76 Å². The van der Waals surface area contributed by atoms with Crippen molar-refractivity contribution < 1.29 is 9.34 Å². The van der Waals surface area contributed by atoms with Crippen LogP contribution in [0.4, 0.5) is 5.69 Å². The largest absolute Gasteiger partial charge is 0.468 e. The fourth-order valence-electron chi connectivity index (χ4n) is 1.14. The second-order valence-corrected chi connectivity index (χ2v) is 4.27. The minimum atomic E-state index is -0.590. The number of nitrogens with zero attached hydrogens (tertiary/aromatic N) is 3. The van der Waals surface area contributed by atoms with Gasteiger partial charge in [-0.25, -0.2) is 9.97 Å². The first-order chi connectivity index (χ1) is 8.18. The van der Waals surface area contributed by atoms with Crippen molar-refractivity contribution >= 4 is 29.1 Å². The van der Waals surface area contributed by atoms with E-state index < -0.39 is 4.92 Å². The minimum absolute atomic E-state index is 0.160. The zero-order valence-electron chi connectivity index (χ0n) is 8.37. The summed E-state index contributed by atoms with van der Waals surface area (Å²) in [6.45, 7) is 0. The van der Waals surface area contributed by atoms with Gasteiger partial charge in [-0.3, -0.25) is 10.1 Å². The molecule has 2 heterocycles. The van der Waals surface area contributed by atoms with Crippen molar-refractivity contribution in [3.63, 3.8) is 0 Å². The fourth-order valence-corrected chi connectivity index (χ4v) is 2.27. The summed E-state index contributed by atoms with van der Waals surface area (Å²) in [5, 5.41) is 10.9. The van der Waals surface area contributed by atoms with Crippen LogP contribution in [0.15, 0.2) is 34.2 Å². The SMILES string of the molecule is O=[N+]([O-])c1c(Cl)ncnc1SCc1ccco1. The first-order valence-electron chi connectivity index (χ1n) is 4.48. The average molecular weight is 272 g/mol. The van der Waals surface area contributed by atoms with Crippen molar-refractivity contribution in [3.05, 3.63) is 45.8 Å². The molecule has 17 heavy (non-hydrogen) atoms. The second kappa shape index (κ2) is 5.15. The standard InChI is InChI=1S/C9H6ClN3O3S/c10-8-7(13(14)15)9(12-5-11-8)17-4-6-2-1-3-16-6/h1-3,5H,4H2. The molecule has 0 aliphatic heterocycles. The summed E-state index contributed by atoms with van der Waals surface area (Å²) in [5.41, 5.74) is -0.272. The normalized spacial score (nSPS) is 10.4. The Morgan fingerprint density at radius 1 is 1.53 bits per heavy atom. The summed E-state index contributed by atoms with van der Waals surface area (Å²) in [6, 6.07) is 3.53. The van der Waals surface area contributed by atoms with Gasteiger partial charge >= 0.3 is 5.69 Å². The number of nitro groups is 1. The number of furan rings is 1. The predicted octanol–water partition coefficient (Wildman–Crippen LogP) is 2.92. The lowest BCUT2D eigenvalue weighted by Crippen LogP contribution is -1.96. The Morgan fingerprint density at radius 3 is 3.00 bits per heavy atom. The lowest BCUT2D eigenvalue weighted by Gasteiger charge is -2.00. The molecule has 2 rings (SSSR count). The topological polar surface area (TPSA) is 82.1 Å². The maximum Gasteiger partial charge on any atom is 0.338 e. The summed E-state index contributed by atoms with van der Waals surface area (Å²) in [4.78, 5) is 17.6. The van der Waals surface area contributed by atoms with E-state index in [0.29, 0.717) is 11.5 Å². The average Bonchev–Trinajstić information content (AvgIpc) is 2.78. The van der Waals surface area contributed by atoms with Crippen LogP contribution >= 0.6 is 23.4 Å². The van der Waals surface area contributed by atoms with E-state index in [1.54, 1.807) is 12.1 Å². The van der Waals surface area contributed by atoms with Crippen molar-refractivity contribution in [1.82, 2.24) is 9.97 Å². The third kappa shape index (κ3) is 2.75. The Kier molecular flexibility index (Phi) is 3.60. The van der Waals surface area contributed by atoms with Gasteiger partial charge in [0.1, 0.15) is 12.1 Å². The molecule has 2 aromatic heterocycles. The molecular weight excluding hydrogens is 266 g/mol. The van der Waals surface area contributed by atoms with Gasteiger partial charge in [0.15, 0.2) is 5.03 Å². The molecule has 0 atom stereocenters. The van der Waals surface area contributed by atoms with Gasteiger partial charge in [-0.15, -0.1) is 0 Å². The zero-order chi connectivity index (χ0) is 12.3. The van der Waals surface area contributed by atoms with Crippen LogP contribution in [0, 0.1) is 10.1 Å². The Bertz CT molecular complexity index is 532. The number of aromatic nitrogens is 2. The smallest absolute Gasteiger partial charge is 0.338 e. The first kappa shape index (κ1) is 11.9. The highest BCUT2D eigenvalue weighted by Crippen LogP contribution is 2.33. The summed E-state index contributed by atoms with van der Waals surface area (Å²) < 4.78 is 5.12. The zero-order valence-corrected chi connectivity index (χ0v) is 9.94. The summed E-state index contributed by atoms with van der Waals surface area (Å²) in [7, 11) is 0. The van der Waals surface area contributed by atoms with Gasteiger partial charge < -0.3 is 4.42 Å². The lowest BCUT2D eigenvalue weighted by atomic mass is 10.5. The van der Waals surface area contributed by atoms with E-state index in [4.69, 9.17) is 16.0 Å². The molecule has 0 saturated carbocycles. The van der Waals surface area contributed by atoms with E-state index in [-0.39, 0.29) is 15.9 Å². The Morgan fingerprint density at radius 2 is 2.35 bits per heavy atom. The molecule has 0 saturated heterocycles. The minimum Gasteiger partial charge on any atom is -0.468 e. The van der Waals surface area contributed by atoms with Gasteiger partial charge in [-0.2, -0.15) is 0 Å². The van der Waals surface area contributed by atoms with E-state index in [1.807, 2.05) is 0 Å². The van der Waals surface area contributed by atoms with Crippen molar-refractivity contribution in [2.24, 2.45) is 0 Å². The molecule has 0 N–H and O–H groups in total. The highest BCUT2D eigenvalue weighted by molar-refractivity contribution is 7.98. The van der Waals surface area contributed by atoms with Crippen LogP contribution in [0.5, 0.6) is 0 Å². The van der Waals surface area contributed by atoms with E-state index in [0.717, 1.165) is 0 Å². The molecule has 88 valence electrons. The number of hydrogen-bond acceptors (Lipinski definition) is 6. The van der Waals surface area contributed by atoms with Crippen LogP contribution in [-0.2, 0) is 5.75 Å². The third-order valence-corrected chi connectivity index (χ3v) is 3.14. The molecular formula is C9H6ClN3O3S. The summed E-state index contributed by atoms with van der Waals surface area (Å²) in [5.74, 6) is 1.15. The third-order valence-electron chi connectivity index (χ3n) is 1.86. The van der Waals surface area contributed by atoms with Crippen LogP contribution in [0.2, 0.25) is 5.15 Å². The molecule has 0 amide bonds. The highest BCUT2D eigenvalue weighted by atomic mass is 35.5. The monoisotopic (exact) mass is 271 g/mol. The molecule has 0 aliphatic carbocycles. The van der Waals surface area contributed by atoms with E-state index in [2.05, 4.69) is 9.97 Å². The van der Waals surface area contributed by atoms with Gasteiger partial charge in [-0.1, -0.05) is 23.4 Å². The predicted molar refractivity (Wildman–Crippen MR) is 62.0 cm³/mol. The Balaban J connectivity index is 2.21. The molecule has 0 bridgehead atoms. The molecule has 0 fully saturated rings. The number of hydrogen-bond donors (Lipinski definition) is 0. The second-order valence-electron chi connectivity index (χ2n) is 2.94. The lowest BCUT2D eigenvalue weighted by molar-refractivity contribution is -0.388. The highest BCUT2D eigenvalue weighted by Gasteiger charge is 2.21. The number of halogens is 1. The molecule has 2 aromatic rings. The first-order valence-corrected chi connectivity index (χ1v) is 5.85. The van der Waals surface area contributed by atoms with E-state index in [1.165, 1.54) is 24.4 Å². The fraction of sp³-hybridized carbons (Fsp3) is 0.111. The van der Waals surface area contributed by atoms with Crippen molar-refractivity contribution in [2.45, 2.75) is 10.8 Å². The quantitative estimate of drug-likeness (QED) is 0.368. The van der Waals surface area contributed by atoms with E-state index in [9.17, 15) is 10.1 Å². The molecule has 6 nitrogen and oxygen atoms in total. The molecule has 0 aliphatic rings. The van der Waals surface area contributed by atoms with Gasteiger partial charge in [0, 0.05) is 0 Å². The van der Waals surface area contributed by atoms with E-state index >= 15 is 0 Å². The maximum atomic E-state index is 10.8.